The number of hydrogen-bond acceptors (Lipinski definition) is 6. The summed E-state index contributed by atoms with van der Waals surface area (Å²) < 4.78 is 45.5. The van der Waals surface area contributed by atoms with Gasteiger partial charge in [0.25, 0.3) is 0 Å². The first-order valence-corrected chi connectivity index (χ1v) is 17.3. The summed E-state index contributed by atoms with van der Waals surface area (Å²) in [5.74, 6) is 3.10. The third-order valence-corrected chi connectivity index (χ3v) is 7.59. The largest absolute Gasteiger partial charge is 0.494 e. The lowest BCUT2D eigenvalue weighted by Crippen LogP contribution is -2.29. The molecule has 0 atom stereocenters. The highest BCUT2D eigenvalue weighted by Crippen LogP contribution is 2.27. The molecule has 274 valence electrons. The van der Waals surface area contributed by atoms with Crippen molar-refractivity contribution in [1.29, 1.82) is 0 Å². The lowest BCUT2D eigenvalue weighted by Gasteiger charge is -2.13. The predicted molar refractivity (Wildman–Crippen MR) is 197 cm³/mol. The molecule has 0 bridgehead atoms. The van der Waals surface area contributed by atoms with E-state index in [0.29, 0.717) is 56.2 Å². The van der Waals surface area contributed by atoms with Crippen molar-refractivity contribution in [3.63, 3.8) is 0 Å². The number of carbonyl (C=O) groups is 2. The van der Waals surface area contributed by atoms with Crippen LogP contribution in [0.25, 0.3) is 0 Å². The summed E-state index contributed by atoms with van der Waals surface area (Å²) in [4.78, 5) is 24.0. The SMILES string of the molecule is CC(C)c1ccccc1OC(=O)NCCc1ccc(OCCC[18F])cc1.CC(C)c1ccccc1OC(=O)NCCc1ccc(OCC[18F])cc1. The molecule has 2 N–H and O–H groups in total. The zero-order chi connectivity index (χ0) is 36.8. The number of para-hydroxylation sites is 2. The molecular formula is C41H50F2N2O6. The van der Waals surface area contributed by atoms with Crippen LogP contribution in [0, 0.1) is 0 Å². The van der Waals surface area contributed by atoms with Crippen LogP contribution in [-0.4, -0.2) is 51.8 Å². The second-order valence-electron chi connectivity index (χ2n) is 12.2. The first-order valence-electron chi connectivity index (χ1n) is 17.3. The molecule has 2 amide bonds. The van der Waals surface area contributed by atoms with Gasteiger partial charge in [-0.25, -0.2) is 14.0 Å². The van der Waals surface area contributed by atoms with Crippen molar-refractivity contribution in [3.8, 4) is 23.0 Å². The Morgan fingerprint density at radius 2 is 0.980 bits per heavy atom. The molecule has 10 heteroatoms. The Morgan fingerprint density at radius 1 is 0.569 bits per heavy atom. The van der Waals surface area contributed by atoms with Crippen molar-refractivity contribution in [2.24, 2.45) is 0 Å². The number of ether oxygens (including phenoxy) is 4. The Balaban J connectivity index is 0.000000276. The molecule has 0 fully saturated rings. The molecule has 0 unspecified atom stereocenters. The highest BCUT2D eigenvalue weighted by molar-refractivity contribution is 5.71. The number of benzene rings is 4. The van der Waals surface area contributed by atoms with Crippen molar-refractivity contribution in [1.82, 2.24) is 10.6 Å². The number of alkyl halides is 2. The summed E-state index contributed by atoms with van der Waals surface area (Å²) >= 11 is 0. The Morgan fingerprint density at radius 3 is 1.37 bits per heavy atom. The van der Waals surface area contributed by atoms with Gasteiger partial charge in [-0.2, -0.15) is 0 Å². The van der Waals surface area contributed by atoms with Gasteiger partial charge < -0.3 is 29.6 Å². The molecule has 51 heavy (non-hydrogen) atoms. The van der Waals surface area contributed by atoms with Crippen LogP contribution in [0.1, 0.15) is 68.2 Å². The normalized spacial score (nSPS) is 10.6. The van der Waals surface area contributed by atoms with Crippen molar-refractivity contribution in [2.45, 2.75) is 58.8 Å². The molecular weight excluding hydrogens is 652 g/mol. The molecule has 4 rings (SSSR count). The second-order valence-corrected chi connectivity index (χ2v) is 12.2. The quantitative estimate of drug-likeness (QED) is 0.107. The first-order chi connectivity index (χ1) is 24.7. The number of nitrogens with one attached hydrogen (secondary N) is 2. The Kier molecular flexibility index (Phi) is 17.8. The standard InChI is InChI=1S/C21H26FNO3.C20H24FNO3/c1-16(2)19-6-3-4-7-20(19)26-21(24)23-14-12-17-8-10-18(11-9-17)25-15-5-13-22;1-15(2)18-5-3-4-6-19(18)25-20(23)22-13-11-16-7-9-17(10-8-16)24-14-12-21/h3-4,6-11,16H,5,12-15H2,1-2H3,(H,23,24);3-10,15H,11-14H2,1-2H3,(H,22,23)/i22-1;21-1. The molecule has 0 heterocycles. The van der Waals surface area contributed by atoms with Crippen LogP contribution < -0.4 is 29.6 Å². The van der Waals surface area contributed by atoms with Gasteiger partial charge in [0.2, 0.25) is 0 Å². The van der Waals surface area contributed by atoms with Gasteiger partial charge in [0.1, 0.15) is 36.3 Å². The fourth-order valence-corrected chi connectivity index (χ4v) is 4.90. The third kappa shape index (κ3) is 15.1. The Bertz CT molecular complexity index is 1600. The maximum absolute atomic E-state index is 12.0. The van der Waals surface area contributed by atoms with Gasteiger partial charge in [0, 0.05) is 19.5 Å². The van der Waals surface area contributed by atoms with E-state index in [1.807, 2.05) is 72.8 Å². The summed E-state index contributed by atoms with van der Waals surface area (Å²) in [6.45, 7) is 8.73. The maximum Gasteiger partial charge on any atom is 0.412 e. The van der Waals surface area contributed by atoms with Gasteiger partial charge in [-0.05, 0) is 83.3 Å². The van der Waals surface area contributed by atoms with Crippen LogP contribution in [0.4, 0.5) is 18.4 Å². The van der Waals surface area contributed by atoms with Gasteiger partial charge in [0.15, 0.2) is 0 Å². The summed E-state index contributed by atoms with van der Waals surface area (Å²) in [6, 6.07) is 30.0. The van der Waals surface area contributed by atoms with Crippen molar-refractivity contribution < 1.29 is 37.3 Å². The van der Waals surface area contributed by atoms with Gasteiger partial charge in [-0.3, -0.25) is 4.39 Å². The van der Waals surface area contributed by atoms with E-state index < -0.39 is 18.9 Å². The summed E-state index contributed by atoms with van der Waals surface area (Å²) in [5.41, 5.74) is 4.13. The van der Waals surface area contributed by atoms with E-state index in [2.05, 4.69) is 38.3 Å². The molecule has 0 aliphatic heterocycles. The fraction of sp³-hybridized carbons (Fsp3) is 0.366. The number of amides is 2. The Hall–Kier alpha value is -5.12. The molecule has 4 aromatic rings. The van der Waals surface area contributed by atoms with Gasteiger partial charge in [-0.15, -0.1) is 0 Å². The van der Waals surface area contributed by atoms with Crippen molar-refractivity contribution in [2.75, 3.05) is 39.7 Å². The van der Waals surface area contributed by atoms with E-state index >= 15 is 0 Å². The molecule has 8 nitrogen and oxygen atoms in total. The highest BCUT2D eigenvalue weighted by atomic mass is 18.2. The van der Waals surface area contributed by atoms with E-state index in [-0.39, 0.29) is 25.1 Å². The predicted octanol–water partition coefficient (Wildman–Crippen LogP) is 9.37. The summed E-state index contributed by atoms with van der Waals surface area (Å²) in [7, 11) is 0. The zero-order valence-corrected chi connectivity index (χ0v) is 30.0. The smallest absolute Gasteiger partial charge is 0.412 e. The maximum atomic E-state index is 12.0. The van der Waals surface area contributed by atoms with Crippen LogP contribution in [0.5, 0.6) is 23.0 Å². The Labute approximate surface area is 300 Å². The van der Waals surface area contributed by atoms with E-state index in [1.54, 1.807) is 24.3 Å². The molecule has 0 aliphatic carbocycles. The van der Waals surface area contributed by atoms with E-state index in [1.165, 1.54) is 0 Å². The van der Waals surface area contributed by atoms with Crippen LogP contribution in [0.15, 0.2) is 97.1 Å². The van der Waals surface area contributed by atoms with Gasteiger partial charge >= 0.3 is 12.2 Å². The minimum Gasteiger partial charge on any atom is -0.494 e. The molecule has 4 aromatic carbocycles. The molecule has 0 aromatic heterocycles. The number of hydrogen-bond donors (Lipinski definition) is 2. The van der Waals surface area contributed by atoms with Crippen molar-refractivity contribution >= 4 is 12.2 Å². The molecule has 0 radical (unpaired) electrons. The van der Waals surface area contributed by atoms with Crippen LogP contribution in [-0.2, 0) is 12.8 Å². The number of carbonyl (C=O) groups excluding carboxylic acids is 2. The number of halogens is 2. The number of rotatable bonds is 17. The fourth-order valence-electron chi connectivity index (χ4n) is 4.90. The summed E-state index contributed by atoms with van der Waals surface area (Å²) in [6.07, 6.45) is 0.837. The topological polar surface area (TPSA) is 95.1 Å². The van der Waals surface area contributed by atoms with Gasteiger partial charge in [-0.1, -0.05) is 88.4 Å². The van der Waals surface area contributed by atoms with Crippen LogP contribution in [0.2, 0.25) is 0 Å². The minimum atomic E-state index is -0.506. The van der Waals surface area contributed by atoms with Crippen LogP contribution in [0.3, 0.4) is 0 Å². The molecule has 0 aliphatic rings. The lowest BCUT2D eigenvalue weighted by molar-refractivity contribution is 0.199. The molecule has 0 spiro atoms. The van der Waals surface area contributed by atoms with E-state index in [4.69, 9.17) is 18.9 Å². The second kappa shape index (κ2) is 22.6. The monoisotopic (exact) mass is 702 g/mol. The summed E-state index contributed by atoms with van der Waals surface area (Å²) in [5, 5.41) is 5.52. The third-order valence-electron chi connectivity index (χ3n) is 7.59. The van der Waals surface area contributed by atoms with Crippen LogP contribution >= 0.6 is 0 Å². The average Bonchev–Trinajstić information content (AvgIpc) is 3.12. The van der Waals surface area contributed by atoms with E-state index in [0.717, 1.165) is 28.0 Å². The van der Waals surface area contributed by atoms with E-state index in [9.17, 15) is 18.4 Å². The molecule has 0 saturated carbocycles. The van der Waals surface area contributed by atoms with Gasteiger partial charge in [0.05, 0.1) is 13.3 Å². The highest BCUT2D eigenvalue weighted by Gasteiger charge is 2.12. The lowest BCUT2D eigenvalue weighted by atomic mass is 10.0. The van der Waals surface area contributed by atoms with Crippen molar-refractivity contribution in [3.05, 3.63) is 119 Å². The molecule has 0 saturated heterocycles. The minimum absolute atomic E-state index is 0.0601. The average molecular weight is 703 g/mol. The first kappa shape index (κ1) is 40.3. The zero-order valence-electron chi connectivity index (χ0n) is 30.0.